The maximum absolute atomic E-state index is 12.8. The first-order chi connectivity index (χ1) is 10.7. The van der Waals surface area contributed by atoms with Crippen LogP contribution in [0.25, 0.3) is 5.69 Å². The van der Waals surface area contributed by atoms with Crippen molar-refractivity contribution in [2.75, 3.05) is 20.3 Å². The second kappa shape index (κ2) is 6.50. The van der Waals surface area contributed by atoms with Crippen LogP contribution in [0.1, 0.15) is 23.2 Å². The van der Waals surface area contributed by atoms with Crippen LogP contribution in [0, 0.1) is 0 Å². The van der Waals surface area contributed by atoms with Gasteiger partial charge in [0.05, 0.1) is 28.9 Å². The lowest BCUT2D eigenvalue weighted by Crippen LogP contribution is -2.38. The number of methoxy groups -OCH3 is 1. The van der Waals surface area contributed by atoms with Crippen molar-refractivity contribution in [2.24, 2.45) is 0 Å². The van der Waals surface area contributed by atoms with E-state index in [0.29, 0.717) is 17.2 Å². The Bertz CT molecular complexity index is 657. The van der Waals surface area contributed by atoms with Gasteiger partial charge in [0.25, 0.3) is 5.91 Å². The number of ether oxygens (including phenoxy) is 1. The molecule has 2 heterocycles. The van der Waals surface area contributed by atoms with E-state index in [1.165, 1.54) is 0 Å². The second-order valence-electron chi connectivity index (χ2n) is 5.36. The molecule has 1 aromatic carbocycles. The summed E-state index contributed by atoms with van der Waals surface area (Å²) in [5.74, 6) is -0.0430. The first-order valence-corrected chi connectivity index (χ1v) is 7.68. The van der Waals surface area contributed by atoms with Crippen LogP contribution in [-0.2, 0) is 4.74 Å². The second-order valence-corrected chi connectivity index (χ2v) is 5.77. The summed E-state index contributed by atoms with van der Waals surface area (Å²) >= 11 is 6.25. The largest absolute Gasteiger partial charge is 0.383 e. The lowest BCUT2D eigenvalue weighted by atomic mass is 10.1. The van der Waals surface area contributed by atoms with E-state index in [9.17, 15) is 4.79 Å². The SMILES string of the molecule is COC[C@H]1CCCN1C(=O)c1cc(-n2cccn2)ccc1Cl. The van der Waals surface area contributed by atoms with Crippen molar-refractivity contribution in [1.29, 1.82) is 0 Å². The molecule has 1 amide bonds. The molecule has 0 saturated carbocycles. The Balaban J connectivity index is 1.90. The summed E-state index contributed by atoms with van der Waals surface area (Å²) in [6.07, 6.45) is 5.50. The van der Waals surface area contributed by atoms with E-state index in [1.807, 2.05) is 23.2 Å². The van der Waals surface area contributed by atoms with Crippen molar-refractivity contribution in [3.8, 4) is 5.69 Å². The van der Waals surface area contributed by atoms with Gasteiger partial charge in [0.1, 0.15) is 0 Å². The predicted molar refractivity (Wildman–Crippen MR) is 84.5 cm³/mol. The summed E-state index contributed by atoms with van der Waals surface area (Å²) in [5, 5.41) is 4.65. The number of hydrogen-bond donors (Lipinski definition) is 0. The number of nitrogens with zero attached hydrogens (tertiary/aromatic N) is 3. The number of halogens is 1. The van der Waals surface area contributed by atoms with Crippen LogP contribution >= 0.6 is 11.6 Å². The zero-order valence-corrected chi connectivity index (χ0v) is 13.2. The van der Waals surface area contributed by atoms with Crippen LogP contribution in [0.3, 0.4) is 0 Å². The van der Waals surface area contributed by atoms with Gasteiger partial charge in [-0.2, -0.15) is 5.10 Å². The van der Waals surface area contributed by atoms with Crippen LogP contribution in [0.5, 0.6) is 0 Å². The number of aromatic nitrogens is 2. The van der Waals surface area contributed by atoms with Gasteiger partial charge >= 0.3 is 0 Å². The molecule has 0 aliphatic carbocycles. The van der Waals surface area contributed by atoms with E-state index in [-0.39, 0.29) is 11.9 Å². The Hall–Kier alpha value is -1.85. The van der Waals surface area contributed by atoms with Crippen molar-refractivity contribution >= 4 is 17.5 Å². The summed E-state index contributed by atoms with van der Waals surface area (Å²) < 4.78 is 6.93. The summed E-state index contributed by atoms with van der Waals surface area (Å²) in [6.45, 7) is 1.30. The van der Waals surface area contributed by atoms with Crippen molar-refractivity contribution in [1.82, 2.24) is 14.7 Å². The number of amides is 1. The van der Waals surface area contributed by atoms with Gasteiger partial charge in [-0.05, 0) is 37.1 Å². The van der Waals surface area contributed by atoms with Gasteiger partial charge in [-0.25, -0.2) is 4.68 Å². The van der Waals surface area contributed by atoms with Crippen molar-refractivity contribution in [3.05, 3.63) is 47.2 Å². The van der Waals surface area contributed by atoms with E-state index >= 15 is 0 Å². The molecule has 2 aromatic rings. The molecule has 116 valence electrons. The predicted octanol–water partition coefficient (Wildman–Crippen LogP) is 2.78. The highest BCUT2D eigenvalue weighted by Gasteiger charge is 2.30. The molecule has 1 atom stereocenters. The Labute approximate surface area is 134 Å². The van der Waals surface area contributed by atoms with Crippen LogP contribution in [0.4, 0.5) is 0 Å². The Kier molecular flexibility index (Phi) is 4.45. The molecule has 0 spiro atoms. The van der Waals surface area contributed by atoms with Crippen molar-refractivity contribution in [3.63, 3.8) is 0 Å². The first kappa shape index (κ1) is 15.1. The standard InChI is InChI=1S/C16H18ClN3O2/c1-22-11-13-4-2-8-19(13)16(21)14-10-12(5-6-15(14)17)20-9-3-7-18-20/h3,5-7,9-10,13H,2,4,8,11H2,1H3/t13-/m1/s1. The number of carbonyl (C=O) groups is 1. The highest BCUT2D eigenvalue weighted by atomic mass is 35.5. The van der Waals surface area contributed by atoms with Crippen LogP contribution in [-0.4, -0.2) is 46.9 Å². The maximum atomic E-state index is 12.8. The molecule has 22 heavy (non-hydrogen) atoms. The molecule has 1 aliphatic rings. The molecule has 0 unspecified atom stereocenters. The highest BCUT2D eigenvalue weighted by Crippen LogP contribution is 2.25. The van der Waals surface area contributed by atoms with E-state index in [1.54, 1.807) is 30.1 Å². The zero-order chi connectivity index (χ0) is 15.5. The zero-order valence-electron chi connectivity index (χ0n) is 12.4. The van der Waals surface area contributed by atoms with Crippen LogP contribution in [0.2, 0.25) is 5.02 Å². The molecule has 1 saturated heterocycles. The molecule has 5 nitrogen and oxygen atoms in total. The minimum absolute atomic E-state index is 0.0430. The molecular weight excluding hydrogens is 302 g/mol. The van der Waals surface area contributed by atoms with Crippen LogP contribution < -0.4 is 0 Å². The third kappa shape index (κ3) is 2.87. The number of hydrogen-bond acceptors (Lipinski definition) is 3. The highest BCUT2D eigenvalue weighted by molar-refractivity contribution is 6.33. The third-order valence-corrected chi connectivity index (χ3v) is 4.28. The van der Waals surface area contributed by atoms with Gasteiger partial charge < -0.3 is 9.64 Å². The summed E-state index contributed by atoms with van der Waals surface area (Å²) in [7, 11) is 1.66. The lowest BCUT2D eigenvalue weighted by molar-refractivity contribution is 0.0631. The molecule has 1 aliphatic heterocycles. The number of rotatable bonds is 4. The number of carbonyl (C=O) groups excluding carboxylic acids is 1. The molecule has 1 fully saturated rings. The van der Waals surface area contributed by atoms with E-state index < -0.39 is 0 Å². The molecule has 1 aromatic heterocycles. The minimum Gasteiger partial charge on any atom is -0.383 e. The minimum atomic E-state index is -0.0430. The number of benzene rings is 1. The molecule has 3 rings (SSSR count). The fraction of sp³-hybridized carbons (Fsp3) is 0.375. The average Bonchev–Trinajstić information content (AvgIpc) is 3.18. The van der Waals surface area contributed by atoms with Gasteiger partial charge in [-0.1, -0.05) is 11.6 Å². The fourth-order valence-corrected chi connectivity index (χ4v) is 3.06. The lowest BCUT2D eigenvalue weighted by Gasteiger charge is -2.24. The first-order valence-electron chi connectivity index (χ1n) is 7.30. The van der Waals surface area contributed by atoms with Gasteiger partial charge in [-0.3, -0.25) is 4.79 Å². The van der Waals surface area contributed by atoms with E-state index in [0.717, 1.165) is 25.1 Å². The molecule has 0 radical (unpaired) electrons. The summed E-state index contributed by atoms with van der Waals surface area (Å²) in [6, 6.07) is 7.35. The Morgan fingerprint density at radius 2 is 2.36 bits per heavy atom. The van der Waals surface area contributed by atoms with E-state index in [4.69, 9.17) is 16.3 Å². The smallest absolute Gasteiger partial charge is 0.255 e. The molecular formula is C16H18ClN3O2. The Morgan fingerprint density at radius 3 is 3.09 bits per heavy atom. The third-order valence-electron chi connectivity index (χ3n) is 3.95. The van der Waals surface area contributed by atoms with Gasteiger partial charge in [-0.15, -0.1) is 0 Å². The van der Waals surface area contributed by atoms with Crippen molar-refractivity contribution < 1.29 is 9.53 Å². The van der Waals surface area contributed by atoms with Gasteiger partial charge in [0.15, 0.2) is 0 Å². The van der Waals surface area contributed by atoms with Gasteiger partial charge in [0, 0.05) is 26.0 Å². The molecule has 0 N–H and O–H groups in total. The molecule has 0 bridgehead atoms. The van der Waals surface area contributed by atoms with Crippen LogP contribution in [0.15, 0.2) is 36.7 Å². The topological polar surface area (TPSA) is 47.4 Å². The monoisotopic (exact) mass is 319 g/mol. The fourth-order valence-electron chi connectivity index (χ4n) is 2.86. The summed E-state index contributed by atoms with van der Waals surface area (Å²) in [5.41, 5.74) is 1.33. The number of likely N-dealkylation sites (tertiary alicyclic amines) is 1. The van der Waals surface area contributed by atoms with Gasteiger partial charge in [0.2, 0.25) is 0 Å². The summed E-state index contributed by atoms with van der Waals surface area (Å²) in [4.78, 5) is 14.7. The average molecular weight is 320 g/mol. The van der Waals surface area contributed by atoms with Crippen molar-refractivity contribution in [2.45, 2.75) is 18.9 Å². The maximum Gasteiger partial charge on any atom is 0.255 e. The molecule has 6 heteroatoms. The van der Waals surface area contributed by atoms with E-state index in [2.05, 4.69) is 5.10 Å². The quantitative estimate of drug-likeness (QED) is 0.870. The Morgan fingerprint density at radius 1 is 1.50 bits per heavy atom. The normalized spacial score (nSPS) is 17.9.